The maximum absolute atomic E-state index is 11.2. The summed E-state index contributed by atoms with van der Waals surface area (Å²) in [6.45, 7) is 3.10. The Kier molecular flexibility index (Phi) is 4.91. The summed E-state index contributed by atoms with van der Waals surface area (Å²) in [5, 5.41) is 15.9. The third-order valence-corrected chi connectivity index (χ3v) is 3.20. The number of aliphatic hydroxyl groups excluding tert-OH is 1. The monoisotopic (exact) mass is 206 g/mol. The molecule has 0 aromatic heterocycles. The maximum atomic E-state index is 11.2. The first-order valence-corrected chi connectivity index (χ1v) is 5.47. The summed E-state index contributed by atoms with van der Waals surface area (Å²) in [4.78, 5) is 0. The zero-order chi connectivity index (χ0) is 10.5. The van der Waals surface area contributed by atoms with E-state index >= 15 is 0 Å². The van der Waals surface area contributed by atoms with Gasteiger partial charge in [-0.05, 0) is 12.8 Å². The summed E-state index contributed by atoms with van der Waals surface area (Å²) in [5.74, 6) is -0.138. The van der Waals surface area contributed by atoms with E-state index in [0.717, 1.165) is 0 Å². The minimum absolute atomic E-state index is 0.0799. The highest BCUT2D eigenvalue weighted by molar-refractivity contribution is 7.90. The maximum Gasteiger partial charge on any atom is 0.227 e. The average molecular weight is 206 g/mol. The van der Waals surface area contributed by atoms with Crippen LogP contribution in [0.25, 0.3) is 0 Å². The van der Waals surface area contributed by atoms with Gasteiger partial charge >= 0.3 is 0 Å². The van der Waals surface area contributed by atoms with Gasteiger partial charge in [0.15, 0.2) is 5.25 Å². The lowest BCUT2D eigenvalue weighted by Crippen LogP contribution is -2.35. The van der Waals surface area contributed by atoms with E-state index in [1.54, 1.807) is 13.0 Å². The van der Waals surface area contributed by atoms with Crippen molar-refractivity contribution in [2.75, 3.05) is 13.2 Å². The van der Waals surface area contributed by atoms with Crippen LogP contribution in [-0.2, 0) is 10.0 Å². The van der Waals surface area contributed by atoms with Gasteiger partial charge in [0.25, 0.3) is 0 Å². The van der Waals surface area contributed by atoms with E-state index in [4.69, 9.17) is 10.4 Å². The van der Waals surface area contributed by atoms with Crippen LogP contribution in [0.15, 0.2) is 0 Å². The lowest BCUT2D eigenvalue weighted by molar-refractivity contribution is 0.238. The molecule has 0 aliphatic rings. The number of rotatable bonds is 5. The quantitative estimate of drug-likeness (QED) is 0.631. The average Bonchev–Trinajstić information content (AvgIpc) is 2.12. The van der Waals surface area contributed by atoms with Gasteiger partial charge in [-0.2, -0.15) is 5.26 Å². The Balaban J connectivity index is 4.14. The molecule has 0 bridgehead atoms. The number of nitriles is 1. The second-order valence-electron chi connectivity index (χ2n) is 2.95. The lowest BCUT2D eigenvalue weighted by Gasteiger charge is -2.10. The van der Waals surface area contributed by atoms with E-state index in [1.165, 1.54) is 6.92 Å². The smallest absolute Gasteiger partial charge is 0.227 e. The van der Waals surface area contributed by atoms with Crippen LogP contribution in [0.5, 0.6) is 0 Å². The van der Waals surface area contributed by atoms with E-state index in [0.29, 0.717) is 0 Å². The van der Waals surface area contributed by atoms with E-state index in [1.807, 2.05) is 0 Å². The van der Waals surface area contributed by atoms with Crippen molar-refractivity contribution >= 4 is 10.0 Å². The van der Waals surface area contributed by atoms with Crippen molar-refractivity contribution in [2.45, 2.75) is 19.1 Å². The molecular weight excluding hydrogens is 192 g/mol. The van der Waals surface area contributed by atoms with Crippen LogP contribution in [0.4, 0.5) is 0 Å². The summed E-state index contributed by atoms with van der Waals surface area (Å²) < 4.78 is 24.6. The first-order chi connectivity index (χ1) is 5.94. The van der Waals surface area contributed by atoms with Crippen molar-refractivity contribution in [1.29, 1.82) is 5.26 Å². The van der Waals surface area contributed by atoms with Crippen molar-refractivity contribution < 1.29 is 13.5 Å². The van der Waals surface area contributed by atoms with Gasteiger partial charge in [-0.3, -0.25) is 0 Å². The van der Waals surface area contributed by atoms with Crippen LogP contribution < -0.4 is 4.72 Å². The molecule has 0 rings (SSSR count). The molecule has 13 heavy (non-hydrogen) atoms. The summed E-state index contributed by atoms with van der Waals surface area (Å²) in [7, 11) is -3.54. The van der Waals surface area contributed by atoms with Gasteiger partial charge in [-0.25, -0.2) is 13.1 Å². The molecule has 2 N–H and O–H groups in total. The van der Waals surface area contributed by atoms with Gasteiger partial charge in [-0.1, -0.05) is 6.92 Å². The first-order valence-electron chi connectivity index (χ1n) is 3.93. The fourth-order valence-corrected chi connectivity index (χ4v) is 1.42. The zero-order valence-corrected chi connectivity index (χ0v) is 8.50. The van der Waals surface area contributed by atoms with Gasteiger partial charge in [0.05, 0.1) is 6.07 Å². The fraction of sp³-hybridized carbons (Fsp3) is 0.857. The van der Waals surface area contributed by atoms with Gasteiger partial charge in [0.2, 0.25) is 10.0 Å². The molecule has 0 radical (unpaired) electrons. The Morgan fingerprint density at radius 2 is 2.08 bits per heavy atom. The molecule has 2 atom stereocenters. The topological polar surface area (TPSA) is 90.2 Å². The first kappa shape index (κ1) is 12.4. The third kappa shape index (κ3) is 4.22. The second-order valence-corrected chi connectivity index (χ2v) is 5.04. The molecule has 6 heteroatoms. The molecule has 0 spiro atoms. The number of nitrogens with zero attached hydrogens (tertiary/aromatic N) is 1. The number of hydrogen-bond acceptors (Lipinski definition) is 4. The SMILES string of the molecule is CC(CO)CNS(=O)(=O)C(C)C#N. The number of sulfonamides is 1. The normalized spacial score (nSPS) is 16.2. The fourth-order valence-electron chi connectivity index (χ4n) is 0.517. The van der Waals surface area contributed by atoms with Gasteiger partial charge < -0.3 is 5.11 Å². The highest BCUT2D eigenvalue weighted by Gasteiger charge is 2.19. The Bertz CT molecular complexity index is 281. The molecule has 76 valence electrons. The van der Waals surface area contributed by atoms with Gasteiger partial charge in [0, 0.05) is 13.2 Å². The Morgan fingerprint density at radius 3 is 2.46 bits per heavy atom. The molecule has 0 aliphatic carbocycles. The molecule has 0 fully saturated rings. The highest BCUT2D eigenvalue weighted by Crippen LogP contribution is 1.98. The molecule has 0 saturated carbocycles. The predicted octanol–water partition coefficient (Wildman–Crippen LogP) is -0.554. The van der Waals surface area contributed by atoms with Crippen molar-refractivity contribution in [3.8, 4) is 6.07 Å². The zero-order valence-electron chi connectivity index (χ0n) is 7.69. The van der Waals surface area contributed by atoms with E-state index in [-0.39, 0.29) is 19.1 Å². The van der Waals surface area contributed by atoms with Crippen LogP contribution in [0.1, 0.15) is 13.8 Å². The van der Waals surface area contributed by atoms with Crippen LogP contribution >= 0.6 is 0 Å². The minimum atomic E-state index is -3.54. The van der Waals surface area contributed by atoms with Crippen LogP contribution in [-0.4, -0.2) is 31.9 Å². The highest BCUT2D eigenvalue weighted by atomic mass is 32.2. The lowest BCUT2D eigenvalue weighted by atomic mass is 10.2. The Hall–Kier alpha value is -0.640. The van der Waals surface area contributed by atoms with Crippen molar-refractivity contribution in [3.63, 3.8) is 0 Å². The molecule has 5 nitrogen and oxygen atoms in total. The summed E-state index contributed by atoms with van der Waals surface area (Å²) >= 11 is 0. The molecule has 0 aromatic carbocycles. The van der Waals surface area contributed by atoms with Crippen molar-refractivity contribution in [3.05, 3.63) is 0 Å². The van der Waals surface area contributed by atoms with Crippen LogP contribution in [0.2, 0.25) is 0 Å². The van der Waals surface area contributed by atoms with Gasteiger partial charge in [-0.15, -0.1) is 0 Å². The molecular formula is C7H14N2O3S. The molecule has 0 heterocycles. The second kappa shape index (κ2) is 5.17. The summed E-state index contributed by atoms with van der Waals surface area (Å²) in [5.41, 5.74) is 0. The standard InChI is InChI=1S/C7H14N2O3S/c1-6(5-10)4-9-13(11,12)7(2)3-8/h6-7,9-10H,4-5H2,1-2H3. The molecule has 0 aromatic rings. The third-order valence-electron chi connectivity index (χ3n) is 1.59. The van der Waals surface area contributed by atoms with E-state index in [2.05, 4.69) is 4.72 Å². The van der Waals surface area contributed by atoms with Crippen LogP contribution in [0.3, 0.4) is 0 Å². The van der Waals surface area contributed by atoms with Crippen molar-refractivity contribution in [2.24, 2.45) is 5.92 Å². The Labute approximate surface area is 78.4 Å². The number of aliphatic hydroxyl groups is 1. The van der Waals surface area contributed by atoms with Crippen molar-refractivity contribution in [1.82, 2.24) is 4.72 Å². The summed E-state index contributed by atoms with van der Waals surface area (Å²) in [6.07, 6.45) is 0. The summed E-state index contributed by atoms with van der Waals surface area (Å²) in [6, 6.07) is 1.63. The van der Waals surface area contributed by atoms with E-state index < -0.39 is 15.3 Å². The van der Waals surface area contributed by atoms with Crippen LogP contribution in [0, 0.1) is 17.2 Å². The van der Waals surface area contributed by atoms with Gasteiger partial charge in [0.1, 0.15) is 0 Å². The number of nitrogens with one attached hydrogen (secondary N) is 1. The largest absolute Gasteiger partial charge is 0.396 e. The predicted molar refractivity (Wildman–Crippen MR) is 48.2 cm³/mol. The minimum Gasteiger partial charge on any atom is -0.396 e. The Morgan fingerprint density at radius 1 is 1.54 bits per heavy atom. The molecule has 0 aliphatic heterocycles. The molecule has 0 amide bonds. The molecule has 2 unspecified atom stereocenters. The van der Waals surface area contributed by atoms with E-state index in [9.17, 15) is 8.42 Å². The molecule has 0 saturated heterocycles. The number of hydrogen-bond donors (Lipinski definition) is 2.